The summed E-state index contributed by atoms with van der Waals surface area (Å²) in [6.07, 6.45) is -4.38. The molecule has 0 bridgehead atoms. The minimum atomic E-state index is -4.38. The zero-order valence-electron chi connectivity index (χ0n) is 9.20. The van der Waals surface area contributed by atoms with Gasteiger partial charge in [0.15, 0.2) is 0 Å². The zero-order chi connectivity index (χ0) is 13.3. The Bertz CT molecular complexity index is 551. The first-order chi connectivity index (χ1) is 8.38. The molecule has 0 N–H and O–H groups in total. The van der Waals surface area contributed by atoms with E-state index in [1.54, 1.807) is 6.92 Å². The van der Waals surface area contributed by atoms with Crippen LogP contribution >= 0.6 is 15.9 Å². The predicted molar refractivity (Wildman–Crippen MR) is 62.1 cm³/mol. The van der Waals surface area contributed by atoms with E-state index in [1.165, 1.54) is 12.1 Å². The summed E-state index contributed by atoms with van der Waals surface area (Å²) in [7, 11) is 0. The lowest BCUT2D eigenvalue weighted by Crippen LogP contribution is -2.04. The molecule has 1 heterocycles. The van der Waals surface area contributed by atoms with Gasteiger partial charge < -0.3 is 4.52 Å². The highest BCUT2D eigenvalue weighted by Crippen LogP contribution is 2.32. The Morgan fingerprint density at radius 3 is 2.61 bits per heavy atom. The Labute approximate surface area is 109 Å². The molecule has 2 aromatic rings. The molecule has 96 valence electrons. The fraction of sp³-hybridized carbons (Fsp3) is 0.273. The third-order valence-electron chi connectivity index (χ3n) is 2.23. The number of benzene rings is 1. The predicted octanol–water partition coefficient (Wildman–Crippen LogP) is 4.21. The quantitative estimate of drug-likeness (QED) is 0.778. The van der Waals surface area contributed by atoms with Crippen molar-refractivity contribution in [3.05, 3.63) is 35.7 Å². The van der Waals surface area contributed by atoms with Gasteiger partial charge in [-0.15, -0.1) is 0 Å². The molecule has 0 saturated heterocycles. The van der Waals surface area contributed by atoms with Crippen molar-refractivity contribution in [3.8, 4) is 11.4 Å². The molecule has 3 nitrogen and oxygen atoms in total. The second-order valence-corrected chi connectivity index (χ2v) is 5.02. The van der Waals surface area contributed by atoms with E-state index < -0.39 is 11.7 Å². The Balaban J connectivity index is 2.38. The van der Waals surface area contributed by atoms with Crippen LogP contribution in [0.5, 0.6) is 0 Å². The molecule has 1 aromatic heterocycles. The van der Waals surface area contributed by atoms with Gasteiger partial charge in [0.05, 0.1) is 10.4 Å². The van der Waals surface area contributed by atoms with E-state index in [9.17, 15) is 13.2 Å². The molecule has 18 heavy (non-hydrogen) atoms. The maximum atomic E-state index is 12.5. The standard InChI is InChI=1S/C11H8BrF3N2O/c1-6(12)10-16-9(17-18-10)7-3-2-4-8(5-7)11(13,14)15/h2-6H,1H3/t6-/m0/s1. The summed E-state index contributed by atoms with van der Waals surface area (Å²) in [5.74, 6) is 0.463. The Morgan fingerprint density at radius 1 is 1.33 bits per heavy atom. The average molecular weight is 321 g/mol. The van der Waals surface area contributed by atoms with Gasteiger partial charge in [-0.05, 0) is 19.1 Å². The number of halogens is 4. The van der Waals surface area contributed by atoms with Crippen LogP contribution in [0.25, 0.3) is 11.4 Å². The van der Waals surface area contributed by atoms with Crippen molar-refractivity contribution in [2.45, 2.75) is 17.9 Å². The number of rotatable bonds is 2. The van der Waals surface area contributed by atoms with Gasteiger partial charge in [-0.2, -0.15) is 18.2 Å². The van der Waals surface area contributed by atoms with Gasteiger partial charge in [0.2, 0.25) is 11.7 Å². The fourth-order valence-corrected chi connectivity index (χ4v) is 1.53. The number of hydrogen-bond donors (Lipinski definition) is 0. The highest BCUT2D eigenvalue weighted by molar-refractivity contribution is 9.09. The molecular weight excluding hydrogens is 313 g/mol. The lowest BCUT2D eigenvalue weighted by molar-refractivity contribution is -0.137. The van der Waals surface area contributed by atoms with Crippen molar-refractivity contribution in [2.24, 2.45) is 0 Å². The van der Waals surface area contributed by atoms with Crippen LogP contribution < -0.4 is 0 Å². The monoisotopic (exact) mass is 320 g/mol. The van der Waals surface area contributed by atoms with Crippen molar-refractivity contribution < 1.29 is 17.7 Å². The summed E-state index contributed by atoms with van der Waals surface area (Å²) < 4.78 is 42.6. The third-order valence-corrected chi connectivity index (χ3v) is 2.62. The molecule has 2 rings (SSSR count). The van der Waals surface area contributed by atoms with Gasteiger partial charge in [0.1, 0.15) is 0 Å². The van der Waals surface area contributed by atoms with Crippen LogP contribution in [0.1, 0.15) is 23.2 Å². The summed E-state index contributed by atoms with van der Waals surface area (Å²) in [6.45, 7) is 1.78. The number of hydrogen-bond acceptors (Lipinski definition) is 3. The second-order valence-electron chi connectivity index (χ2n) is 3.65. The van der Waals surface area contributed by atoms with E-state index in [2.05, 4.69) is 26.1 Å². The van der Waals surface area contributed by atoms with E-state index in [-0.39, 0.29) is 16.2 Å². The average Bonchev–Trinajstić information content (AvgIpc) is 2.77. The zero-order valence-corrected chi connectivity index (χ0v) is 10.8. The fourth-order valence-electron chi connectivity index (χ4n) is 1.35. The minimum Gasteiger partial charge on any atom is -0.338 e. The number of aromatic nitrogens is 2. The summed E-state index contributed by atoms with van der Waals surface area (Å²) >= 11 is 3.24. The van der Waals surface area contributed by atoms with Gasteiger partial charge in [-0.3, -0.25) is 0 Å². The summed E-state index contributed by atoms with van der Waals surface area (Å²) in [5.41, 5.74) is -0.466. The van der Waals surface area contributed by atoms with E-state index in [0.717, 1.165) is 12.1 Å². The normalized spacial score (nSPS) is 13.6. The van der Waals surface area contributed by atoms with Gasteiger partial charge in [0.25, 0.3) is 0 Å². The van der Waals surface area contributed by atoms with Crippen molar-refractivity contribution >= 4 is 15.9 Å². The van der Waals surface area contributed by atoms with E-state index in [4.69, 9.17) is 4.52 Å². The molecule has 0 spiro atoms. The van der Waals surface area contributed by atoms with Crippen LogP contribution in [0.15, 0.2) is 28.8 Å². The van der Waals surface area contributed by atoms with E-state index in [1.807, 2.05) is 0 Å². The van der Waals surface area contributed by atoms with Crippen LogP contribution in [0.4, 0.5) is 13.2 Å². The molecule has 1 atom stereocenters. The lowest BCUT2D eigenvalue weighted by atomic mass is 10.1. The minimum absolute atomic E-state index is 0.141. The molecule has 0 radical (unpaired) electrons. The van der Waals surface area contributed by atoms with Crippen LogP contribution in [-0.4, -0.2) is 10.1 Å². The van der Waals surface area contributed by atoms with Gasteiger partial charge in [-0.25, -0.2) is 0 Å². The van der Waals surface area contributed by atoms with Gasteiger partial charge in [-0.1, -0.05) is 33.2 Å². The largest absolute Gasteiger partial charge is 0.416 e. The number of alkyl halides is 4. The number of nitrogens with zero attached hydrogens (tertiary/aromatic N) is 2. The van der Waals surface area contributed by atoms with E-state index >= 15 is 0 Å². The van der Waals surface area contributed by atoms with Gasteiger partial charge in [0, 0.05) is 5.56 Å². The Hall–Kier alpha value is -1.37. The topological polar surface area (TPSA) is 38.9 Å². The lowest BCUT2D eigenvalue weighted by Gasteiger charge is -2.06. The summed E-state index contributed by atoms with van der Waals surface area (Å²) in [6, 6.07) is 4.81. The van der Waals surface area contributed by atoms with Crippen molar-refractivity contribution in [1.29, 1.82) is 0 Å². The van der Waals surface area contributed by atoms with Crippen LogP contribution in [0.3, 0.4) is 0 Å². The van der Waals surface area contributed by atoms with Gasteiger partial charge >= 0.3 is 6.18 Å². The smallest absolute Gasteiger partial charge is 0.338 e. The maximum absolute atomic E-state index is 12.5. The highest BCUT2D eigenvalue weighted by Gasteiger charge is 2.30. The van der Waals surface area contributed by atoms with Crippen molar-refractivity contribution in [3.63, 3.8) is 0 Å². The first-order valence-electron chi connectivity index (χ1n) is 5.03. The molecular formula is C11H8BrF3N2O. The van der Waals surface area contributed by atoms with Crippen molar-refractivity contribution in [1.82, 2.24) is 10.1 Å². The molecule has 0 aliphatic carbocycles. The molecule has 0 unspecified atom stereocenters. The molecule has 0 aliphatic rings. The molecule has 1 aromatic carbocycles. The summed E-state index contributed by atoms with van der Waals surface area (Å²) in [4.78, 5) is 3.86. The molecule has 0 aliphatic heterocycles. The van der Waals surface area contributed by atoms with Crippen LogP contribution in [0, 0.1) is 0 Å². The Kier molecular flexibility index (Phi) is 3.43. The van der Waals surface area contributed by atoms with Crippen LogP contribution in [0.2, 0.25) is 0 Å². The third kappa shape index (κ3) is 2.72. The Morgan fingerprint density at radius 2 is 2.06 bits per heavy atom. The van der Waals surface area contributed by atoms with Crippen LogP contribution in [-0.2, 0) is 6.18 Å². The molecule has 7 heteroatoms. The summed E-state index contributed by atoms with van der Waals surface area (Å²) in [5, 5.41) is 3.65. The molecule has 0 fully saturated rings. The molecule has 0 saturated carbocycles. The molecule has 0 amide bonds. The highest BCUT2D eigenvalue weighted by atomic mass is 79.9. The first kappa shape index (κ1) is 13.1. The van der Waals surface area contributed by atoms with Crippen molar-refractivity contribution in [2.75, 3.05) is 0 Å². The maximum Gasteiger partial charge on any atom is 0.416 e. The second kappa shape index (κ2) is 4.72. The van der Waals surface area contributed by atoms with E-state index in [0.29, 0.717) is 5.89 Å². The first-order valence-corrected chi connectivity index (χ1v) is 5.95. The SMILES string of the molecule is C[C@H](Br)c1nc(-c2cccc(C(F)(F)F)c2)no1.